The summed E-state index contributed by atoms with van der Waals surface area (Å²) in [6.45, 7) is 4.44. The van der Waals surface area contributed by atoms with Crippen LogP contribution >= 0.6 is 0 Å². The third-order valence-corrected chi connectivity index (χ3v) is 4.61. The maximum absolute atomic E-state index is 13.1. The predicted octanol–water partition coefficient (Wildman–Crippen LogP) is 2.31. The second kappa shape index (κ2) is 9.32. The van der Waals surface area contributed by atoms with E-state index in [1.807, 2.05) is 6.07 Å². The number of carbonyl (C=O) groups is 1. The summed E-state index contributed by atoms with van der Waals surface area (Å²) < 4.78 is 18.1. The Balaban J connectivity index is 1.56. The molecule has 2 heterocycles. The van der Waals surface area contributed by atoms with Crippen LogP contribution in [0.3, 0.4) is 0 Å². The van der Waals surface area contributed by atoms with Crippen molar-refractivity contribution in [1.82, 2.24) is 10.3 Å². The molecule has 1 aliphatic heterocycles. The number of piperazine rings is 1. The van der Waals surface area contributed by atoms with Crippen molar-refractivity contribution in [3.05, 3.63) is 54.0 Å². The van der Waals surface area contributed by atoms with E-state index in [0.717, 1.165) is 44.1 Å². The number of nitrogens with zero attached hydrogens (tertiary/aromatic N) is 3. The molecule has 6 nitrogen and oxygen atoms in total. The lowest BCUT2D eigenvalue weighted by Crippen LogP contribution is -2.46. The van der Waals surface area contributed by atoms with Gasteiger partial charge in [-0.05, 0) is 42.8 Å². The van der Waals surface area contributed by atoms with Crippen LogP contribution in [0.15, 0.2) is 42.6 Å². The van der Waals surface area contributed by atoms with E-state index < -0.39 is 0 Å². The quantitative estimate of drug-likeness (QED) is 0.756. The van der Waals surface area contributed by atoms with E-state index >= 15 is 0 Å². The molecule has 0 radical (unpaired) electrons. The zero-order chi connectivity index (χ0) is 19.1. The van der Waals surface area contributed by atoms with Gasteiger partial charge in [0.15, 0.2) is 0 Å². The fourth-order valence-electron chi connectivity index (χ4n) is 3.10. The molecule has 0 unspecified atom stereocenters. The first kappa shape index (κ1) is 19.1. The number of benzene rings is 1. The minimum atomic E-state index is -0.223. The van der Waals surface area contributed by atoms with Gasteiger partial charge in [-0.2, -0.15) is 0 Å². The molecule has 0 aliphatic carbocycles. The molecule has 0 atom stereocenters. The van der Waals surface area contributed by atoms with E-state index in [9.17, 15) is 9.18 Å². The summed E-state index contributed by atoms with van der Waals surface area (Å²) in [5.41, 5.74) is 1.63. The Bertz CT molecular complexity index is 746. The molecule has 144 valence electrons. The molecule has 0 spiro atoms. The Morgan fingerprint density at radius 1 is 1.15 bits per heavy atom. The van der Waals surface area contributed by atoms with Crippen LogP contribution in [-0.4, -0.2) is 57.3 Å². The van der Waals surface area contributed by atoms with Crippen molar-refractivity contribution in [2.24, 2.45) is 0 Å². The zero-order valence-electron chi connectivity index (χ0n) is 15.5. The van der Waals surface area contributed by atoms with Gasteiger partial charge >= 0.3 is 0 Å². The molecule has 1 aromatic carbocycles. The van der Waals surface area contributed by atoms with Crippen LogP contribution in [0.25, 0.3) is 0 Å². The fourth-order valence-corrected chi connectivity index (χ4v) is 3.10. The van der Waals surface area contributed by atoms with Gasteiger partial charge in [-0.25, -0.2) is 9.37 Å². The molecule has 7 heteroatoms. The summed E-state index contributed by atoms with van der Waals surface area (Å²) >= 11 is 0. The van der Waals surface area contributed by atoms with Crippen LogP contribution in [0.1, 0.15) is 16.8 Å². The Labute approximate surface area is 158 Å². The first-order valence-electron chi connectivity index (χ1n) is 9.16. The third-order valence-electron chi connectivity index (χ3n) is 4.61. The van der Waals surface area contributed by atoms with E-state index in [-0.39, 0.29) is 11.7 Å². The van der Waals surface area contributed by atoms with Crippen LogP contribution in [0.2, 0.25) is 0 Å². The number of hydrogen-bond donors (Lipinski definition) is 1. The van der Waals surface area contributed by atoms with E-state index in [2.05, 4.69) is 20.1 Å². The van der Waals surface area contributed by atoms with E-state index in [0.29, 0.717) is 18.7 Å². The predicted molar refractivity (Wildman–Crippen MR) is 104 cm³/mol. The van der Waals surface area contributed by atoms with Crippen molar-refractivity contribution in [2.75, 3.05) is 56.2 Å². The SMILES string of the molecule is COCCCNC(=O)c1ccnc(N2CCN(c3ccc(F)cc3)CC2)c1. The summed E-state index contributed by atoms with van der Waals surface area (Å²) in [4.78, 5) is 21.1. The van der Waals surface area contributed by atoms with Gasteiger partial charge in [-0.1, -0.05) is 0 Å². The second-order valence-corrected chi connectivity index (χ2v) is 6.46. The van der Waals surface area contributed by atoms with Crippen molar-refractivity contribution >= 4 is 17.4 Å². The molecule has 1 aromatic heterocycles. The summed E-state index contributed by atoms with van der Waals surface area (Å²) in [5.74, 6) is 0.483. The van der Waals surface area contributed by atoms with Gasteiger partial charge in [-0.3, -0.25) is 4.79 Å². The minimum Gasteiger partial charge on any atom is -0.385 e. The van der Waals surface area contributed by atoms with Gasteiger partial charge in [0.1, 0.15) is 11.6 Å². The van der Waals surface area contributed by atoms with Gasteiger partial charge in [-0.15, -0.1) is 0 Å². The Morgan fingerprint density at radius 2 is 1.85 bits per heavy atom. The van der Waals surface area contributed by atoms with Crippen LogP contribution in [0.4, 0.5) is 15.9 Å². The van der Waals surface area contributed by atoms with Gasteiger partial charge < -0.3 is 19.9 Å². The standard InChI is InChI=1S/C20H25FN4O2/c1-27-14-2-8-23-20(26)16-7-9-22-19(15-16)25-12-10-24(11-13-25)18-5-3-17(21)4-6-18/h3-7,9,15H,2,8,10-14H2,1H3,(H,23,26). The maximum atomic E-state index is 13.1. The molecule has 3 rings (SSSR count). The number of pyridine rings is 1. The van der Waals surface area contributed by atoms with E-state index in [1.165, 1.54) is 12.1 Å². The van der Waals surface area contributed by atoms with E-state index in [4.69, 9.17) is 4.74 Å². The monoisotopic (exact) mass is 372 g/mol. The number of nitrogens with one attached hydrogen (secondary N) is 1. The highest BCUT2D eigenvalue weighted by Gasteiger charge is 2.19. The summed E-state index contributed by atoms with van der Waals surface area (Å²) in [6.07, 6.45) is 2.46. The number of aromatic nitrogens is 1. The Kier molecular flexibility index (Phi) is 6.59. The van der Waals surface area contributed by atoms with Crippen LogP contribution in [0, 0.1) is 5.82 Å². The molecule has 1 amide bonds. The lowest BCUT2D eigenvalue weighted by atomic mass is 10.2. The average molecular weight is 372 g/mol. The van der Waals surface area contributed by atoms with E-state index in [1.54, 1.807) is 31.5 Å². The molecular weight excluding hydrogens is 347 g/mol. The summed E-state index contributed by atoms with van der Waals surface area (Å²) in [6, 6.07) is 10.1. The molecule has 2 aromatic rings. The summed E-state index contributed by atoms with van der Waals surface area (Å²) in [7, 11) is 1.65. The third kappa shape index (κ3) is 5.17. The van der Waals surface area contributed by atoms with Crippen LogP contribution in [-0.2, 0) is 4.74 Å². The first-order chi connectivity index (χ1) is 13.2. The Morgan fingerprint density at radius 3 is 2.56 bits per heavy atom. The smallest absolute Gasteiger partial charge is 0.251 e. The highest BCUT2D eigenvalue weighted by molar-refractivity contribution is 5.94. The number of hydrogen-bond acceptors (Lipinski definition) is 5. The van der Waals surface area contributed by atoms with Gasteiger partial charge in [0.2, 0.25) is 0 Å². The van der Waals surface area contributed by atoms with Crippen molar-refractivity contribution in [3.8, 4) is 0 Å². The molecule has 27 heavy (non-hydrogen) atoms. The fraction of sp³-hybridized carbons (Fsp3) is 0.400. The Hall–Kier alpha value is -2.67. The number of anilines is 2. The highest BCUT2D eigenvalue weighted by Crippen LogP contribution is 2.20. The van der Waals surface area contributed by atoms with Gasteiger partial charge in [0.25, 0.3) is 5.91 Å². The lowest BCUT2D eigenvalue weighted by molar-refractivity contribution is 0.0948. The molecule has 1 fully saturated rings. The second-order valence-electron chi connectivity index (χ2n) is 6.46. The molecule has 1 N–H and O–H groups in total. The molecule has 1 saturated heterocycles. The average Bonchev–Trinajstić information content (AvgIpc) is 2.72. The largest absolute Gasteiger partial charge is 0.385 e. The lowest BCUT2D eigenvalue weighted by Gasteiger charge is -2.36. The van der Waals surface area contributed by atoms with Crippen molar-refractivity contribution in [2.45, 2.75) is 6.42 Å². The van der Waals surface area contributed by atoms with Gasteiger partial charge in [0, 0.05) is 63.9 Å². The molecular formula is C20H25FN4O2. The number of ether oxygens (including phenoxy) is 1. The van der Waals surface area contributed by atoms with Crippen LogP contribution in [0.5, 0.6) is 0 Å². The molecule has 0 bridgehead atoms. The molecule has 1 aliphatic rings. The van der Waals surface area contributed by atoms with Gasteiger partial charge in [0.05, 0.1) is 0 Å². The highest BCUT2D eigenvalue weighted by atomic mass is 19.1. The number of halogens is 1. The minimum absolute atomic E-state index is 0.0975. The first-order valence-corrected chi connectivity index (χ1v) is 9.16. The van der Waals surface area contributed by atoms with Crippen molar-refractivity contribution in [1.29, 1.82) is 0 Å². The summed E-state index contributed by atoms with van der Waals surface area (Å²) in [5, 5.41) is 2.89. The topological polar surface area (TPSA) is 57.7 Å². The number of rotatable bonds is 7. The number of amides is 1. The van der Waals surface area contributed by atoms with Crippen molar-refractivity contribution < 1.29 is 13.9 Å². The van der Waals surface area contributed by atoms with Crippen molar-refractivity contribution in [3.63, 3.8) is 0 Å². The number of carbonyl (C=O) groups excluding carboxylic acids is 1. The molecule has 0 saturated carbocycles. The van der Waals surface area contributed by atoms with Crippen LogP contribution < -0.4 is 15.1 Å². The zero-order valence-corrected chi connectivity index (χ0v) is 15.5. The normalized spacial score (nSPS) is 14.3. The maximum Gasteiger partial charge on any atom is 0.251 e. The number of methoxy groups -OCH3 is 1.